The summed E-state index contributed by atoms with van der Waals surface area (Å²) < 4.78 is 6.27. The van der Waals surface area contributed by atoms with Crippen LogP contribution in [-0.2, 0) is 9.53 Å². The Balaban J connectivity index is 1.94. The van der Waals surface area contributed by atoms with Gasteiger partial charge in [-0.05, 0) is 55.7 Å². The Morgan fingerprint density at radius 2 is 2.20 bits per heavy atom. The molecule has 3 N–H and O–H groups in total. The average Bonchev–Trinajstić information content (AvgIpc) is 2.78. The minimum absolute atomic E-state index is 0.0538. The van der Waals surface area contributed by atoms with Crippen LogP contribution in [0.25, 0.3) is 0 Å². The summed E-state index contributed by atoms with van der Waals surface area (Å²) in [6.45, 7) is 4.44. The van der Waals surface area contributed by atoms with Gasteiger partial charge in [-0.2, -0.15) is 0 Å². The monoisotopic (exact) mass is 350 g/mol. The van der Waals surface area contributed by atoms with Crippen molar-refractivity contribution in [3.63, 3.8) is 0 Å². The van der Waals surface area contributed by atoms with E-state index in [0.29, 0.717) is 31.4 Å². The number of carbonyl (C=O) groups excluding carboxylic acids is 1. The van der Waals surface area contributed by atoms with E-state index in [1.807, 2.05) is 13.0 Å². The number of ketones is 1. The fraction of sp³-hybridized carbons (Fsp3) is 0.750. The fourth-order valence-electron chi connectivity index (χ4n) is 5.38. The van der Waals surface area contributed by atoms with E-state index >= 15 is 0 Å². The van der Waals surface area contributed by atoms with E-state index in [4.69, 9.17) is 9.84 Å². The maximum Gasteiger partial charge on any atom is 0.158 e. The van der Waals surface area contributed by atoms with Crippen LogP contribution in [0.15, 0.2) is 23.3 Å². The molecule has 25 heavy (non-hydrogen) atoms. The first kappa shape index (κ1) is 18.8. The van der Waals surface area contributed by atoms with Crippen molar-refractivity contribution in [3.05, 3.63) is 23.3 Å². The minimum Gasteiger partial charge on any atom is -0.392 e. The molecule has 0 aromatic carbocycles. The summed E-state index contributed by atoms with van der Waals surface area (Å²) in [5.74, 6) is 0.526. The molecule has 2 fully saturated rings. The van der Waals surface area contributed by atoms with E-state index in [2.05, 4.69) is 6.92 Å². The van der Waals surface area contributed by atoms with Crippen LogP contribution in [0.5, 0.6) is 0 Å². The second kappa shape index (κ2) is 6.95. The van der Waals surface area contributed by atoms with Crippen molar-refractivity contribution in [2.45, 2.75) is 57.7 Å². The zero-order valence-corrected chi connectivity index (χ0v) is 15.2. The van der Waals surface area contributed by atoms with Crippen molar-refractivity contribution < 1.29 is 24.9 Å². The Hall–Kier alpha value is -1.01. The first-order valence-electron chi connectivity index (χ1n) is 9.34. The molecule has 1 saturated carbocycles. The molecule has 0 aromatic rings. The first-order valence-corrected chi connectivity index (χ1v) is 9.34. The van der Waals surface area contributed by atoms with Gasteiger partial charge in [0.2, 0.25) is 0 Å². The van der Waals surface area contributed by atoms with Gasteiger partial charge in [-0.1, -0.05) is 13.0 Å². The van der Waals surface area contributed by atoms with Crippen molar-refractivity contribution in [1.82, 2.24) is 0 Å². The normalized spacial score (nSPS) is 41.3. The highest BCUT2D eigenvalue weighted by atomic mass is 16.5. The van der Waals surface area contributed by atoms with E-state index in [0.717, 1.165) is 18.4 Å². The van der Waals surface area contributed by atoms with E-state index in [1.54, 1.807) is 6.08 Å². The minimum atomic E-state index is -0.747. The highest BCUT2D eigenvalue weighted by Crippen LogP contribution is 2.62. The number of ether oxygens (including phenoxy) is 1. The smallest absolute Gasteiger partial charge is 0.158 e. The maximum atomic E-state index is 12.2. The maximum absolute atomic E-state index is 12.2. The number of hydrogen-bond acceptors (Lipinski definition) is 5. The standard InChI is InChI=1S/C20H30O5/c1-13-10-20-17(4-3-16(13)23)19(12-25-20,14(2)9-18(20)24)7-5-15(11-22)6-8-21/h6,10,14,17-18,21-22,24H,3-5,7-9,11-12H2,1-2H3/b15-6-/t14-,17-,18+,19-,20-/m1/s1. The van der Waals surface area contributed by atoms with E-state index in [9.17, 15) is 15.0 Å². The van der Waals surface area contributed by atoms with Crippen LogP contribution in [0.3, 0.4) is 0 Å². The Labute approximate surface area is 149 Å². The molecule has 0 spiro atoms. The Morgan fingerprint density at radius 3 is 2.88 bits per heavy atom. The molecule has 140 valence electrons. The molecule has 0 unspecified atom stereocenters. The summed E-state index contributed by atoms with van der Waals surface area (Å²) in [6, 6.07) is 0. The molecule has 0 radical (unpaired) electrons. The van der Waals surface area contributed by atoms with Gasteiger partial charge in [-0.15, -0.1) is 0 Å². The zero-order valence-electron chi connectivity index (χ0n) is 15.2. The molecular weight excluding hydrogens is 320 g/mol. The van der Waals surface area contributed by atoms with Gasteiger partial charge in [0.05, 0.1) is 25.9 Å². The molecule has 2 aliphatic carbocycles. The quantitative estimate of drug-likeness (QED) is 0.658. The van der Waals surface area contributed by atoms with Gasteiger partial charge in [0.25, 0.3) is 0 Å². The highest BCUT2D eigenvalue weighted by Gasteiger charge is 2.65. The van der Waals surface area contributed by atoms with Gasteiger partial charge >= 0.3 is 0 Å². The molecule has 5 nitrogen and oxygen atoms in total. The summed E-state index contributed by atoms with van der Waals surface area (Å²) in [5, 5.41) is 29.5. The van der Waals surface area contributed by atoms with Gasteiger partial charge in [0.15, 0.2) is 5.78 Å². The number of carbonyl (C=O) groups is 1. The van der Waals surface area contributed by atoms with Gasteiger partial charge < -0.3 is 20.1 Å². The van der Waals surface area contributed by atoms with Gasteiger partial charge in [-0.25, -0.2) is 0 Å². The summed E-state index contributed by atoms with van der Waals surface area (Å²) in [5.41, 5.74) is 0.680. The molecule has 1 heterocycles. The molecule has 3 rings (SSSR count). The largest absolute Gasteiger partial charge is 0.392 e. The van der Waals surface area contributed by atoms with Crippen LogP contribution in [0, 0.1) is 17.3 Å². The number of rotatable bonds is 5. The van der Waals surface area contributed by atoms with Crippen molar-refractivity contribution in [3.8, 4) is 0 Å². The Morgan fingerprint density at radius 1 is 1.44 bits per heavy atom. The number of aliphatic hydroxyl groups excluding tert-OH is 3. The second-order valence-corrected chi connectivity index (χ2v) is 8.07. The third-order valence-electron chi connectivity index (χ3n) is 6.95. The van der Waals surface area contributed by atoms with E-state index in [1.165, 1.54) is 0 Å². The zero-order chi connectivity index (χ0) is 18.2. The lowest BCUT2D eigenvalue weighted by molar-refractivity contribution is -0.117. The molecule has 1 saturated heterocycles. The molecule has 0 amide bonds. The number of allylic oxidation sites excluding steroid dienone is 1. The van der Waals surface area contributed by atoms with Gasteiger partial charge in [0, 0.05) is 17.8 Å². The number of Topliss-reactive ketones (excluding diaryl/α,β-unsaturated/α-hetero) is 1. The molecule has 5 heteroatoms. The number of aliphatic hydroxyl groups is 3. The van der Waals surface area contributed by atoms with Crippen LogP contribution < -0.4 is 0 Å². The molecule has 0 aromatic heterocycles. The molecule has 1 aliphatic heterocycles. The molecule has 2 bridgehead atoms. The lowest BCUT2D eigenvalue weighted by Crippen LogP contribution is -2.55. The topological polar surface area (TPSA) is 87.0 Å². The lowest BCUT2D eigenvalue weighted by Gasteiger charge is -2.50. The molecule has 5 atom stereocenters. The van der Waals surface area contributed by atoms with Gasteiger partial charge in [-0.3, -0.25) is 4.79 Å². The van der Waals surface area contributed by atoms with Crippen LogP contribution in [0.2, 0.25) is 0 Å². The van der Waals surface area contributed by atoms with Crippen LogP contribution in [-0.4, -0.2) is 52.6 Å². The van der Waals surface area contributed by atoms with Crippen molar-refractivity contribution in [2.75, 3.05) is 19.8 Å². The molecule has 3 aliphatic rings. The first-order chi connectivity index (χ1) is 11.9. The summed E-state index contributed by atoms with van der Waals surface area (Å²) in [4.78, 5) is 12.2. The SMILES string of the molecule is CC1=C[C@]23OC[C@](CC/C(=C/CO)CO)([C@H](C)C[C@@H]2O)[C@H]3CCC1=O. The highest BCUT2D eigenvalue weighted by molar-refractivity contribution is 5.95. The summed E-state index contributed by atoms with van der Waals surface area (Å²) >= 11 is 0. The predicted octanol–water partition coefficient (Wildman–Crippen LogP) is 1.76. The van der Waals surface area contributed by atoms with Crippen molar-refractivity contribution >= 4 is 5.78 Å². The number of hydrogen-bond donors (Lipinski definition) is 3. The Bertz CT molecular complexity index is 595. The third-order valence-corrected chi connectivity index (χ3v) is 6.95. The summed E-state index contributed by atoms with van der Waals surface area (Å²) in [6.07, 6.45) is 6.39. The van der Waals surface area contributed by atoms with Gasteiger partial charge in [0.1, 0.15) is 5.60 Å². The van der Waals surface area contributed by atoms with Crippen LogP contribution >= 0.6 is 0 Å². The van der Waals surface area contributed by atoms with E-state index in [-0.39, 0.29) is 36.2 Å². The van der Waals surface area contributed by atoms with Crippen molar-refractivity contribution in [2.24, 2.45) is 17.3 Å². The summed E-state index contributed by atoms with van der Waals surface area (Å²) in [7, 11) is 0. The second-order valence-electron chi connectivity index (χ2n) is 8.07. The predicted molar refractivity (Wildman–Crippen MR) is 93.9 cm³/mol. The fourth-order valence-corrected chi connectivity index (χ4v) is 5.38. The van der Waals surface area contributed by atoms with E-state index < -0.39 is 11.7 Å². The Kier molecular flexibility index (Phi) is 5.22. The average molecular weight is 350 g/mol. The third kappa shape index (κ3) is 2.91. The molecular formula is C20H30O5. The van der Waals surface area contributed by atoms with Crippen LogP contribution in [0.1, 0.15) is 46.0 Å². The lowest BCUT2D eigenvalue weighted by atomic mass is 9.54. The van der Waals surface area contributed by atoms with Crippen LogP contribution in [0.4, 0.5) is 0 Å². The van der Waals surface area contributed by atoms with Crippen molar-refractivity contribution in [1.29, 1.82) is 0 Å².